The Hall–Kier alpha value is -1.41. The van der Waals surface area contributed by atoms with Crippen LogP contribution in [0, 0.1) is 13.8 Å². The van der Waals surface area contributed by atoms with E-state index in [1.54, 1.807) is 6.92 Å². The Morgan fingerprint density at radius 3 is 2.56 bits per heavy atom. The molecule has 0 saturated carbocycles. The first-order valence-corrected chi connectivity index (χ1v) is 6.97. The molecule has 0 aliphatic rings. The van der Waals surface area contributed by atoms with Crippen molar-refractivity contribution in [1.29, 1.82) is 0 Å². The number of carboxylic acids is 1. The first-order chi connectivity index (χ1) is 8.34. The van der Waals surface area contributed by atoms with E-state index in [1.807, 2.05) is 0 Å². The molecular formula is C10H16N2O5S. The summed E-state index contributed by atoms with van der Waals surface area (Å²) in [4.78, 5) is 10.3. The third kappa shape index (κ3) is 3.81. The number of hydrogen-bond acceptors (Lipinski definition) is 5. The molecule has 1 heterocycles. The highest BCUT2D eigenvalue weighted by molar-refractivity contribution is 7.89. The normalized spacial score (nSPS) is 11.7. The summed E-state index contributed by atoms with van der Waals surface area (Å²) in [6.45, 7) is 3.27. The van der Waals surface area contributed by atoms with Gasteiger partial charge < -0.3 is 9.63 Å². The van der Waals surface area contributed by atoms with Gasteiger partial charge in [0, 0.05) is 13.0 Å². The molecule has 0 aliphatic heterocycles. The summed E-state index contributed by atoms with van der Waals surface area (Å²) in [5.74, 6) is -0.644. The second-order valence-electron chi connectivity index (χ2n) is 3.90. The molecule has 0 aromatic carbocycles. The summed E-state index contributed by atoms with van der Waals surface area (Å²) >= 11 is 0. The number of nitrogens with one attached hydrogen (secondary N) is 1. The van der Waals surface area contributed by atoms with E-state index >= 15 is 0 Å². The summed E-state index contributed by atoms with van der Waals surface area (Å²) in [5, 5.41) is 12.0. The SMILES string of the molecule is Cc1noc(C)c1S(=O)(=O)NCCCCC(=O)O. The maximum atomic E-state index is 11.9. The van der Waals surface area contributed by atoms with Gasteiger partial charge in [0.1, 0.15) is 10.6 Å². The topological polar surface area (TPSA) is 110 Å². The van der Waals surface area contributed by atoms with Crippen molar-refractivity contribution >= 4 is 16.0 Å². The fraction of sp³-hybridized carbons (Fsp3) is 0.600. The van der Waals surface area contributed by atoms with Crippen molar-refractivity contribution in [3.63, 3.8) is 0 Å². The van der Waals surface area contributed by atoms with Crippen LogP contribution in [0.3, 0.4) is 0 Å². The molecule has 1 rings (SSSR count). The zero-order valence-electron chi connectivity index (χ0n) is 10.3. The van der Waals surface area contributed by atoms with Gasteiger partial charge in [0.2, 0.25) is 10.0 Å². The molecule has 2 N–H and O–H groups in total. The highest BCUT2D eigenvalue weighted by Crippen LogP contribution is 2.18. The quantitative estimate of drug-likeness (QED) is 0.714. The highest BCUT2D eigenvalue weighted by Gasteiger charge is 2.23. The number of hydrogen-bond donors (Lipinski definition) is 2. The Kier molecular flexibility index (Phi) is 4.85. The minimum Gasteiger partial charge on any atom is -0.481 e. The fourth-order valence-electron chi connectivity index (χ4n) is 1.54. The molecule has 0 bridgehead atoms. The largest absolute Gasteiger partial charge is 0.481 e. The predicted octanol–water partition coefficient (Wildman–Crippen LogP) is 0.825. The molecule has 0 saturated heterocycles. The van der Waals surface area contributed by atoms with Crippen molar-refractivity contribution in [3.05, 3.63) is 11.5 Å². The number of aryl methyl sites for hydroxylation is 2. The van der Waals surface area contributed by atoms with Gasteiger partial charge in [-0.25, -0.2) is 13.1 Å². The van der Waals surface area contributed by atoms with Crippen molar-refractivity contribution in [2.24, 2.45) is 0 Å². The maximum absolute atomic E-state index is 11.9. The van der Waals surface area contributed by atoms with Crippen LogP contribution in [0.1, 0.15) is 30.7 Å². The van der Waals surface area contributed by atoms with Crippen LogP contribution in [-0.2, 0) is 14.8 Å². The minimum atomic E-state index is -3.63. The van der Waals surface area contributed by atoms with Gasteiger partial charge in [-0.15, -0.1) is 0 Å². The summed E-state index contributed by atoms with van der Waals surface area (Å²) in [7, 11) is -3.63. The zero-order chi connectivity index (χ0) is 13.8. The van der Waals surface area contributed by atoms with Gasteiger partial charge in [-0.3, -0.25) is 4.79 Å². The van der Waals surface area contributed by atoms with Crippen molar-refractivity contribution in [1.82, 2.24) is 9.88 Å². The van der Waals surface area contributed by atoms with Gasteiger partial charge in [-0.05, 0) is 26.7 Å². The van der Waals surface area contributed by atoms with E-state index in [0.717, 1.165) is 0 Å². The lowest BCUT2D eigenvalue weighted by molar-refractivity contribution is -0.137. The van der Waals surface area contributed by atoms with Crippen LogP contribution in [-0.4, -0.2) is 31.2 Å². The number of rotatable bonds is 7. The van der Waals surface area contributed by atoms with Crippen molar-refractivity contribution < 1.29 is 22.8 Å². The van der Waals surface area contributed by atoms with Gasteiger partial charge in [0.15, 0.2) is 5.76 Å². The fourth-order valence-corrected chi connectivity index (χ4v) is 2.94. The Morgan fingerprint density at radius 1 is 1.39 bits per heavy atom. The molecule has 8 heteroatoms. The number of unbranched alkanes of at least 4 members (excludes halogenated alkanes) is 1. The first-order valence-electron chi connectivity index (χ1n) is 5.49. The third-order valence-electron chi connectivity index (χ3n) is 2.35. The van der Waals surface area contributed by atoms with Crippen LogP contribution in [0.15, 0.2) is 9.42 Å². The van der Waals surface area contributed by atoms with Crippen molar-refractivity contribution in [3.8, 4) is 0 Å². The van der Waals surface area contributed by atoms with E-state index in [4.69, 9.17) is 9.63 Å². The molecule has 0 fully saturated rings. The third-order valence-corrected chi connectivity index (χ3v) is 4.05. The summed E-state index contributed by atoms with van der Waals surface area (Å²) in [6.07, 6.45) is 0.932. The Bertz CT molecular complexity index is 501. The smallest absolute Gasteiger partial charge is 0.303 e. The number of carboxylic acid groups (broad SMARTS) is 1. The monoisotopic (exact) mass is 276 g/mol. The number of sulfonamides is 1. The lowest BCUT2D eigenvalue weighted by atomic mass is 10.2. The Balaban J connectivity index is 2.54. The van der Waals surface area contributed by atoms with Gasteiger partial charge in [-0.2, -0.15) is 0 Å². The second kappa shape index (κ2) is 5.96. The first kappa shape index (κ1) is 14.7. The number of nitrogens with zero attached hydrogens (tertiary/aromatic N) is 1. The highest BCUT2D eigenvalue weighted by atomic mass is 32.2. The molecular weight excluding hydrogens is 260 g/mol. The molecule has 18 heavy (non-hydrogen) atoms. The van der Waals surface area contributed by atoms with Gasteiger partial charge >= 0.3 is 5.97 Å². The van der Waals surface area contributed by atoms with Gasteiger partial charge in [-0.1, -0.05) is 5.16 Å². The molecule has 0 unspecified atom stereocenters. The van der Waals surface area contributed by atoms with E-state index in [-0.39, 0.29) is 23.6 Å². The van der Waals surface area contributed by atoms with E-state index in [1.165, 1.54) is 6.92 Å². The second-order valence-corrected chi connectivity index (χ2v) is 5.61. The van der Waals surface area contributed by atoms with E-state index in [0.29, 0.717) is 18.5 Å². The zero-order valence-corrected chi connectivity index (χ0v) is 11.1. The van der Waals surface area contributed by atoms with Crippen molar-refractivity contribution in [2.75, 3.05) is 6.54 Å². The lowest BCUT2D eigenvalue weighted by Crippen LogP contribution is -2.25. The standard InChI is InChI=1S/C10H16N2O5S/c1-7-10(8(2)17-12-7)18(15,16)11-6-4-3-5-9(13)14/h11H,3-6H2,1-2H3,(H,13,14). The van der Waals surface area contributed by atoms with Gasteiger partial charge in [0.05, 0.1) is 0 Å². The Morgan fingerprint density at radius 2 is 2.06 bits per heavy atom. The Labute approximate surface area is 105 Å². The van der Waals surface area contributed by atoms with Gasteiger partial charge in [0.25, 0.3) is 0 Å². The van der Waals surface area contributed by atoms with Crippen LogP contribution in [0.4, 0.5) is 0 Å². The molecule has 0 aliphatic carbocycles. The number of aliphatic carboxylic acids is 1. The van der Waals surface area contributed by atoms with Crippen molar-refractivity contribution in [2.45, 2.75) is 38.0 Å². The molecule has 0 radical (unpaired) electrons. The molecule has 7 nitrogen and oxygen atoms in total. The average Bonchev–Trinajstić information content (AvgIpc) is 2.57. The minimum absolute atomic E-state index is 0.0348. The predicted molar refractivity (Wildman–Crippen MR) is 62.7 cm³/mol. The number of aromatic nitrogens is 1. The van der Waals surface area contributed by atoms with E-state index in [2.05, 4.69) is 9.88 Å². The molecule has 0 atom stereocenters. The molecule has 1 aromatic heterocycles. The molecule has 102 valence electrons. The van der Waals surface area contributed by atoms with Crippen LogP contribution in [0.25, 0.3) is 0 Å². The molecule has 0 amide bonds. The number of carbonyl (C=O) groups is 1. The summed E-state index contributed by atoms with van der Waals surface area (Å²) in [5.41, 5.74) is 0.311. The van der Waals surface area contributed by atoms with Crippen LogP contribution in [0.2, 0.25) is 0 Å². The van der Waals surface area contributed by atoms with E-state index < -0.39 is 16.0 Å². The molecule has 1 aromatic rings. The van der Waals surface area contributed by atoms with Crippen LogP contribution in [0.5, 0.6) is 0 Å². The lowest BCUT2D eigenvalue weighted by Gasteiger charge is -2.05. The average molecular weight is 276 g/mol. The maximum Gasteiger partial charge on any atom is 0.303 e. The van der Waals surface area contributed by atoms with Crippen LogP contribution < -0.4 is 4.72 Å². The van der Waals surface area contributed by atoms with E-state index in [9.17, 15) is 13.2 Å². The summed E-state index contributed by atoms with van der Waals surface area (Å²) < 4.78 is 31.0. The summed E-state index contributed by atoms with van der Waals surface area (Å²) in [6, 6.07) is 0. The van der Waals surface area contributed by atoms with Crippen LogP contribution >= 0.6 is 0 Å². The molecule has 0 spiro atoms.